The highest BCUT2D eigenvalue weighted by Crippen LogP contribution is 2.45. The molecule has 0 atom stereocenters. The summed E-state index contributed by atoms with van der Waals surface area (Å²) in [5, 5.41) is 10.1. The predicted molar refractivity (Wildman–Crippen MR) is 58.8 cm³/mol. The Labute approximate surface area is 95.4 Å². The fourth-order valence-electron chi connectivity index (χ4n) is 2.12. The maximum Gasteiger partial charge on any atom is 0.229 e. The van der Waals surface area contributed by atoms with Crippen molar-refractivity contribution in [2.45, 2.75) is 32.3 Å². The van der Waals surface area contributed by atoms with Crippen LogP contribution in [0, 0.1) is 11.3 Å². The van der Waals surface area contributed by atoms with E-state index in [2.05, 4.69) is 0 Å². The molecule has 86 valence electrons. The molecule has 1 aliphatic carbocycles. The van der Waals surface area contributed by atoms with Gasteiger partial charge in [-0.2, -0.15) is 0 Å². The van der Waals surface area contributed by atoms with E-state index in [0.29, 0.717) is 24.9 Å². The highest BCUT2D eigenvalue weighted by atomic mass is 35.5. The van der Waals surface area contributed by atoms with E-state index in [1.807, 2.05) is 13.8 Å². The van der Waals surface area contributed by atoms with Crippen molar-refractivity contribution in [1.29, 1.82) is 0 Å². The molecule has 0 spiro atoms. The van der Waals surface area contributed by atoms with Crippen LogP contribution in [0.1, 0.15) is 26.7 Å². The van der Waals surface area contributed by atoms with Crippen LogP contribution in [0.5, 0.6) is 0 Å². The second-order valence-electron chi connectivity index (χ2n) is 5.56. The van der Waals surface area contributed by atoms with Crippen LogP contribution in [-0.2, 0) is 4.79 Å². The van der Waals surface area contributed by atoms with E-state index >= 15 is 0 Å². The molecule has 1 aliphatic heterocycles. The Bertz CT molecular complexity index is 280. The minimum atomic E-state index is -0.585. The number of β-amino-alcohol motifs (C(OH)–C–C–N with tert-alkyl or cyclic N) is 1. The summed E-state index contributed by atoms with van der Waals surface area (Å²) in [6, 6.07) is 0. The maximum atomic E-state index is 11.9. The standard InChI is InChI=1S/C11H18ClNO2/c1-10(2,5-12)9(14)13-6-11(15,7-13)8-3-4-8/h8,15H,3-7H2,1-2H3. The number of amides is 1. The monoisotopic (exact) mass is 231 g/mol. The Hall–Kier alpha value is -0.280. The van der Waals surface area contributed by atoms with Crippen LogP contribution in [0.3, 0.4) is 0 Å². The molecule has 0 unspecified atom stereocenters. The quantitative estimate of drug-likeness (QED) is 0.743. The third kappa shape index (κ3) is 1.87. The van der Waals surface area contributed by atoms with E-state index in [-0.39, 0.29) is 5.91 Å². The summed E-state index contributed by atoms with van der Waals surface area (Å²) in [5.41, 5.74) is -1.09. The summed E-state index contributed by atoms with van der Waals surface area (Å²) in [5.74, 6) is 0.813. The second kappa shape index (κ2) is 3.36. The Balaban J connectivity index is 1.91. The van der Waals surface area contributed by atoms with Gasteiger partial charge in [-0.05, 0) is 32.6 Å². The van der Waals surface area contributed by atoms with Crippen molar-refractivity contribution in [3.05, 3.63) is 0 Å². The fraction of sp³-hybridized carbons (Fsp3) is 0.909. The number of halogens is 1. The van der Waals surface area contributed by atoms with Gasteiger partial charge in [-0.1, -0.05) is 0 Å². The van der Waals surface area contributed by atoms with Gasteiger partial charge in [0.1, 0.15) is 5.60 Å². The summed E-state index contributed by atoms with van der Waals surface area (Å²) >= 11 is 5.75. The molecule has 2 aliphatic rings. The summed E-state index contributed by atoms with van der Waals surface area (Å²) in [4.78, 5) is 13.7. The zero-order valence-corrected chi connectivity index (χ0v) is 10.0. The highest BCUT2D eigenvalue weighted by molar-refractivity contribution is 6.19. The summed E-state index contributed by atoms with van der Waals surface area (Å²) < 4.78 is 0. The molecule has 4 heteroatoms. The first-order valence-corrected chi connectivity index (χ1v) is 6.00. The SMILES string of the molecule is CC(C)(CCl)C(=O)N1CC(O)(C2CC2)C1. The van der Waals surface area contributed by atoms with Gasteiger partial charge in [-0.25, -0.2) is 0 Å². The number of likely N-dealkylation sites (tertiary alicyclic amines) is 1. The van der Waals surface area contributed by atoms with Crippen LogP contribution < -0.4 is 0 Å². The number of carbonyl (C=O) groups excluding carboxylic acids is 1. The van der Waals surface area contributed by atoms with E-state index in [1.54, 1.807) is 4.90 Å². The number of nitrogens with zero attached hydrogens (tertiary/aromatic N) is 1. The summed E-state index contributed by atoms with van der Waals surface area (Å²) in [6.07, 6.45) is 2.22. The molecule has 1 heterocycles. The molecule has 0 aromatic carbocycles. The lowest BCUT2D eigenvalue weighted by molar-refractivity contribution is -0.166. The zero-order valence-electron chi connectivity index (χ0n) is 9.29. The summed E-state index contributed by atoms with van der Waals surface area (Å²) in [7, 11) is 0. The van der Waals surface area contributed by atoms with Crippen molar-refractivity contribution in [2.24, 2.45) is 11.3 Å². The van der Waals surface area contributed by atoms with Crippen molar-refractivity contribution >= 4 is 17.5 Å². The smallest absolute Gasteiger partial charge is 0.229 e. The molecule has 0 aromatic rings. The van der Waals surface area contributed by atoms with E-state index < -0.39 is 11.0 Å². The lowest BCUT2D eigenvalue weighted by atomic mass is 9.85. The third-order valence-corrected chi connectivity index (χ3v) is 4.13. The van der Waals surface area contributed by atoms with E-state index in [0.717, 1.165) is 12.8 Å². The average molecular weight is 232 g/mol. The molecule has 0 bridgehead atoms. The Morgan fingerprint density at radius 3 is 2.47 bits per heavy atom. The molecule has 3 nitrogen and oxygen atoms in total. The molecule has 2 fully saturated rings. The topological polar surface area (TPSA) is 40.5 Å². The Morgan fingerprint density at radius 1 is 1.53 bits per heavy atom. The van der Waals surface area contributed by atoms with Crippen molar-refractivity contribution in [1.82, 2.24) is 4.90 Å². The van der Waals surface area contributed by atoms with Crippen LogP contribution in [0.15, 0.2) is 0 Å². The molecule has 1 N–H and O–H groups in total. The highest BCUT2D eigenvalue weighted by Gasteiger charge is 2.54. The van der Waals surface area contributed by atoms with Crippen molar-refractivity contribution in [2.75, 3.05) is 19.0 Å². The number of hydrogen-bond acceptors (Lipinski definition) is 2. The molecular weight excluding hydrogens is 214 g/mol. The Kier molecular flexibility index (Phi) is 2.51. The first-order chi connectivity index (χ1) is 6.89. The molecule has 15 heavy (non-hydrogen) atoms. The normalized spacial score (nSPS) is 24.9. The van der Waals surface area contributed by atoms with Gasteiger partial charge < -0.3 is 10.0 Å². The molecule has 1 saturated carbocycles. The lowest BCUT2D eigenvalue weighted by Crippen LogP contribution is -2.66. The first kappa shape index (κ1) is 11.2. The largest absolute Gasteiger partial charge is 0.386 e. The molecule has 1 saturated heterocycles. The van der Waals surface area contributed by atoms with Crippen LogP contribution in [0.4, 0.5) is 0 Å². The zero-order chi connectivity index (χ0) is 11.3. The molecule has 0 aromatic heterocycles. The number of rotatable bonds is 3. The van der Waals surface area contributed by atoms with Crippen LogP contribution in [0.25, 0.3) is 0 Å². The molecule has 2 rings (SSSR count). The second-order valence-corrected chi connectivity index (χ2v) is 5.82. The van der Waals surface area contributed by atoms with Crippen molar-refractivity contribution < 1.29 is 9.90 Å². The number of hydrogen-bond donors (Lipinski definition) is 1. The minimum Gasteiger partial charge on any atom is -0.386 e. The van der Waals surface area contributed by atoms with Gasteiger partial charge in [0.05, 0.1) is 18.5 Å². The fourth-order valence-corrected chi connectivity index (χ4v) is 2.24. The van der Waals surface area contributed by atoms with Gasteiger partial charge in [0.2, 0.25) is 5.91 Å². The van der Waals surface area contributed by atoms with Crippen molar-refractivity contribution in [3.63, 3.8) is 0 Å². The van der Waals surface area contributed by atoms with Gasteiger partial charge in [0, 0.05) is 5.88 Å². The van der Waals surface area contributed by atoms with Crippen molar-refractivity contribution in [3.8, 4) is 0 Å². The summed E-state index contributed by atoms with van der Waals surface area (Å²) in [6.45, 7) is 4.68. The molecule has 0 radical (unpaired) electrons. The average Bonchev–Trinajstić information content (AvgIpc) is 2.94. The van der Waals surface area contributed by atoms with Gasteiger partial charge in [-0.15, -0.1) is 11.6 Å². The van der Waals surface area contributed by atoms with Crippen LogP contribution in [-0.4, -0.2) is 40.5 Å². The van der Waals surface area contributed by atoms with Gasteiger partial charge in [0.25, 0.3) is 0 Å². The van der Waals surface area contributed by atoms with E-state index in [4.69, 9.17) is 11.6 Å². The van der Waals surface area contributed by atoms with Gasteiger partial charge in [-0.3, -0.25) is 4.79 Å². The number of carbonyl (C=O) groups is 1. The van der Waals surface area contributed by atoms with Gasteiger partial charge >= 0.3 is 0 Å². The first-order valence-electron chi connectivity index (χ1n) is 5.47. The molecule has 1 amide bonds. The van der Waals surface area contributed by atoms with Gasteiger partial charge in [0.15, 0.2) is 0 Å². The minimum absolute atomic E-state index is 0.0582. The van der Waals surface area contributed by atoms with Crippen LogP contribution in [0.2, 0.25) is 0 Å². The molecular formula is C11H18ClNO2. The number of alkyl halides is 1. The third-order valence-electron chi connectivity index (χ3n) is 3.47. The Morgan fingerprint density at radius 2 is 2.07 bits per heavy atom. The maximum absolute atomic E-state index is 11.9. The van der Waals surface area contributed by atoms with E-state index in [9.17, 15) is 9.90 Å². The lowest BCUT2D eigenvalue weighted by Gasteiger charge is -2.49. The predicted octanol–water partition coefficient (Wildman–Crippen LogP) is 1.23. The number of aliphatic hydroxyl groups is 1. The van der Waals surface area contributed by atoms with E-state index in [1.165, 1.54) is 0 Å². The van der Waals surface area contributed by atoms with Crippen LogP contribution >= 0.6 is 11.6 Å².